The Labute approximate surface area is 141 Å². The zero-order chi connectivity index (χ0) is 16.5. The Bertz CT molecular complexity index is 768. The third kappa shape index (κ3) is 2.91. The molecule has 1 aromatic carbocycles. The molecular formula is C18H21N5O. The van der Waals surface area contributed by atoms with E-state index < -0.39 is 0 Å². The number of nitrogens with one attached hydrogen (secondary N) is 2. The summed E-state index contributed by atoms with van der Waals surface area (Å²) in [6.07, 6.45) is 10.4. The molecule has 1 fully saturated rings. The number of aryl methyl sites for hydroxylation is 1. The number of amides is 2. The SMILES string of the molecule is Cc1ccc(-n2cnnc2)cc1NC(=O)NC[C@@H]1C[C@@H]2C=C[C@H]1C2. The van der Waals surface area contributed by atoms with Crippen LogP contribution in [0.3, 0.4) is 0 Å². The molecule has 6 nitrogen and oxygen atoms in total. The third-order valence-corrected chi connectivity index (χ3v) is 5.13. The molecule has 0 saturated heterocycles. The van der Waals surface area contributed by atoms with E-state index in [2.05, 4.69) is 33.0 Å². The van der Waals surface area contributed by atoms with Crippen LogP contribution in [0.25, 0.3) is 5.69 Å². The van der Waals surface area contributed by atoms with Crippen molar-refractivity contribution in [3.05, 3.63) is 48.6 Å². The van der Waals surface area contributed by atoms with E-state index in [9.17, 15) is 4.79 Å². The fourth-order valence-corrected chi connectivity index (χ4v) is 3.76. The average Bonchev–Trinajstić information content (AvgIpc) is 3.32. The number of anilines is 1. The van der Waals surface area contributed by atoms with Gasteiger partial charge in [-0.15, -0.1) is 10.2 Å². The zero-order valence-corrected chi connectivity index (χ0v) is 13.6. The van der Waals surface area contributed by atoms with Crippen molar-refractivity contribution in [2.24, 2.45) is 17.8 Å². The molecule has 2 aliphatic carbocycles. The van der Waals surface area contributed by atoms with Crippen molar-refractivity contribution in [3.63, 3.8) is 0 Å². The highest BCUT2D eigenvalue weighted by Crippen LogP contribution is 2.42. The topological polar surface area (TPSA) is 71.8 Å². The highest BCUT2D eigenvalue weighted by molar-refractivity contribution is 5.90. The highest BCUT2D eigenvalue weighted by Gasteiger charge is 2.35. The van der Waals surface area contributed by atoms with Crippen LogP contribution >= 0.6 is 0 Å². The molecule has 124 valence electrons. The second kappa shape index (κ2) is 6.11. The molecular weight excluding hydrogens is 302 g/mol. The van der Waals surface area contributed by atoms with E-state index in [1.54, 1.807) is 12.7 Å². The molecule has 2 N–H and O–H groups in total. The van der Waals surface area contributed by atoms with Gasteiger partial charge in [0.15, 0.2) is 0 Å². The number of hydrogen-bond acceptors (Lipinski definition) is 3. The molecule has 24 heavy (non-hydrogen) atoms. The molecule has 1 aromatic heterocycles. The fourth-order valence-electron chi connectivity index (χ4n) is 3.76. The first-order chi connectivity index (χ1) is 11.7. The second-order valence-electron chi connectivity index (χ2n) is 6.74. The zero-order valence-electron chi connectivity index (χ0n) is 13.6. The lowest BCUT2D eigenvalue weighted by Crippen LogP contribution is -2.34. The largest absolute Gasteiger partial charge is 0.338 e. The van der Waals surface area contributed by atoms with E-state index in [1.165, 1.54) is 12.8 Å². The summed E-state index contributed by atoms with van der Waals surface area (Å²) in [4.78, 5) is 12.3. The van der Waals surface area contributed by atoms with Gasteiger partial charge in [0.25, 0.3) is 0 Å². The molecule has 2 aliphatic rings. The molecule has 2 amide bonds. The molecule has 1 heterocycles. The molecule has 0 unspecified atom stereocenters. The number of rotatable bonds is 4. The van der Waals surface area contributed by atoms with E-state index in [1.807, 2.05) is 29.7 Å². The van der Waals surface area contributed by atoms with E-state index in [0.29, 0.717) is 11.8 Å². The maximum absolute atomic E-state index is 12.3. The van der Waals surface area contributed by atoms with Gasteiger partial charge >= 0.3 is 6.03 Å². The molecule has 2 aromatic rings. The number of urea groups is 1. The van der Waals surface area contributed by atoms with Crippen molar-refractivity contribution in [3.8, 4) is 5.69 Å². The summed E-state index contributed by atoms with van der Waals surface area (Å²) < 4.78 is 1.81. The fraction of sp³-hybridized carbons (Fsp3) is 0.389. The number of allylic oxidation sites excluding steroid dienone is 2. The minimum atomic E-state index is -0.147. The van der Waals surface area contributed by atoms with Crippen LogP contribution in [0, 0.1) is 24.7 Å². The van der Waals surface area contributed by atoms with Gasteiger partial charge < -0.3 is 10.6 Å². The Morgan fingerprint density at radius 2 is 2.08 bits per heavy atom. The number of fused-ring (bicyclic) bond motifs is 2. The molecule has 6 heteroatoms. The summed E-state index contributed by atoms with van der Waals surface area (Å²) in [5.74, 6) is 1.96. The molecule has 1 saturated carbocycles. The maximum Gasteiger partial charge on any atom is 0.319 e. The Morgan fingerprint density at radius 3 is 2.79 bits per heavy atom. The standard InChI is InChI=1S/C18H21N5O/c1-12-2-5-16(23-10-20-21-11-23)8-17(12)22-18(24)19-9-15-7-13-3-4-14(15)6-13/h2-5,8,10-11,13-15H,6-7,9H2,1H3,(H2,19,22,24)/t13-,14+,15+/m1/s1. The molecule has 2 bridgehead atoms. The van der Waals surface area contributed by atoms with Crippen LogP contribution in [0.15, 0.2) is 43.0 Å². The number of aromatic nitrogens is 3. The van der Waals surface area contributed by atoms with Crippen molar-refractivity contribution >= 4 is 11.7 Å². The van der Waals surface area contributed by atoms with Crippen LogP contribution in [0.4, 0.5) is 10.5 Å². The van der Waals surface area contributed by atoms with Gasteiger partial charge in [0.1, 0.15) is 12.7 Å². The smallest absolute Gasteiger partial charge is 0.319 e. The Hall–Kier alpha value is -2.63. The van der Waals surface area contributed by atoms with Gasteiger partial charge in [0.2, 0.25) is 0 Å². The minimum absolute atomic E-state index is 0.147. The molecule has 3 atom stereocenters. The molecule has 0 aliphatic heterocycles. The van der Waals surface area contributed by atoms with Gasteiger partial charge in [-0.25, -0.2) is 4.79 Å². The minimum Gasteiger partial charge on any atom is -0.338 e. The first-order valence-electron chi connectivity index (χ1n) is 8.38. The molecule has 0 spiro atoms. The second-order valence-corrected chi connectivity index (χ2v) is 6.74. The highest BCUT2D eigenvalue weighted by atomic mass is 16.2. The van der Waals surface area contributed by atoms with Crippen LogP contribution in [-0.4, -0.2) is 27.3 Å². The van der Waals surface area contributed by atoms with E-state index in [0.717, 1.165) is 29.4 Å². The van der Waals surface area contributed by atoms with Crippen LogP contribution in [0.5, 0.6) is 0 Å². The van der Waals surface area contributed by atoms with E-state index >= 15 is 0 Å². The summed E-state index contributed by atoms with van der Waals surface area (Å²) >= 11 is 0. The lowest BCUT2D eigenvalue weighted by molar-refractivity contribution is 0.249. The van der Waals surface area contributed by atoms with Gasteiger partial charge in [-0.1, -0.05) is 18.2 Å². The van der Waals surface area contributed by atoms with Gasteiger partial charge in [-0.05, 0) is 55.2 Å². The summed E-state index contributed by atoms with van der Waals surface area (Å²) in [5.41, 5.74) is 2.73. The quantitative estimate of drug-likeness (QED) is 0.850. The predicted octanol–water partition coefficient (Wildman–Crippen LogP) is 2.91. The third-order valence-electron chi connectivity index (χ3n) is 5.13. The van der Waals surface area contributed by atoms with Gasteiger partial charge in [0, 0.05) is 12.2 Å². The lowest BCUT2D eigenvalue weighted by atomic mass is 9.94. The van der Waals surface area contributed by atoms with Gasteiger partial charge in [0.05, 0.1) is 5.69 Å². The summed E-state index contributed by atoms with van der Waals surface area (Å²) in [6.45, 7) is 2.72. The maximum atomic E-state index is 12.3. The Balaban J connectivity index is 1.38. The summed E-state index contributed by atoms with van der Waals surface area (Å²) in [7, 11) is 0. The molecule has 4 rings (SSSR count). The van der Waals surface area contributed by atoms with E-state index in [4.69, 9.17) is 0 Å². The average molecular weight is 323 g/mol. The number of benzene rings is 1. The Kier molecular flexibility index (Phi) is 3.80. The lowest BCUT2D eigenvalue weighted by Gasteiger charge is -2.19. The number of carbonyl (C=O) groups is 1. The number of carbonyl (C=O) groups excluding carboxylic acids is 1. The summed E-state index contributed by atoms with van der Waals surface area (Å²) in [5, 5.41) is 13.6. The van der Waals surface area contributed by atoms with Crippen molar-refractivity contribution in [1.82, 2.24) is 20.1 Å². The first kappa shape index (κ1) is 14.9. The van der Waals surface area contributed by atoms with Crippen LogP contribution in [0.1, 0.15) is 18.4 Å². The predicted molar refractivity (Wildman–Crippen MR) is 92.0 cm³/mol. The van der Waals surface area contributed by atoms with E-state index in [-0.39, 0.29) is 6.03 Å². The van der Waals surface area contributed by atoms with Crippen molar-refractivity contribution < 1.29 is 4.79 Å². The van der Waals surface area contributed by atoms with Crippen molar-refractivity contribution in [2.45, 2.75) is 19.8 Å². The number of hydrogen-bond donors (Lipinski definition) is 2. The van der Waals surface area contributed by atoms with Crippen molar-refractivity contribution in [1.29, 1.82) is 0 Å². The van der Waals surface area contributed by atoms with Gasteiger partial charge in [-0.3, -0.25) is 4.57 Å². The summed E-state index contributed by atoms with van der Waals surface area (Å²) in [6, 6.07) is 5.74. The normalized spacial score (nSPS) is 24.3. The number of nitrogens with zero attached hydrogens (tertiary/aromatic N) is 3. The van der Waals surface area contributed by atoms with Crippen LogP contribution < -0.4 is 10.6 Å². The van der Waals surface area contributed by atoms with Crippen LogP contribution in [0.2, 0.25) is 0 Å². The Morgan fingerprint density at radius 1 is 1.25 bits per heavy atom. The van der Waals surface area contributed by atoms with Crippen molar-refractivity contribution in [2.75, 3.05) is 11.9 Å². The monoisotopic (exact) mass is 323 g/mol. The first-order valence-corrected chi connectivity index (χ1v) is 8.38. The van der Waals surface area contributed by atoms with Crippen LogP contribution in [-0.2, 0) is 0 Å². The molecule has 0 radical (unpaired) electrons. The van der Waals surface area contributed by atoms with Gasteiger partial charge in [-0.2, -0.15) is 0 Å².